The molecule has 2 aromatic carbocycles. The smallest absolute Gasteiger partial charge is 0.229 e. The molecule has 152 valence electrons. The number of aryl methyl sites for hydroxylation is 1. The predicted molar refractivity (Wildman–Crippen MR) is 125 cm³/mol. The summed E-state index contributed by atoms with van der Waals surface area (Å²) >= 11 is 0. The molecule has 0 aliphatic carbocycles. The lowest BCUT2D eigenvalue weighted by molar-refractivity contribution is 0.866. The first-order valence-electron chi connectivity index (χ1n) is 10.2. The molecule has 0 aliphatic rings. The number of fused-ring (bicyclic) bond motifs is 1. The van der Waals surface area contributed by atoms with Crippen LogP contribution < -0.4 is 15.5 Å². The maximum Gasteiger partial charge on any atom is 0.229 e. The topological polar surface area (TPSA) is 66.0 Å². The summed E-state index contributed by atoms with van der Waals surface area (Å²) in [6, 6.07) is 20.3. The summed E-state index contributed by atoms with van der Waals surface area (Å²) in [5.41, 5.74) is 4.87. The Labute approximate surface area is 177 Å². The van der Waals surface area contributed by atoms with Crippen molar-refractivity contribution >= 4 is 39.7 Å². The monoisotopic (exact) mass is 398 g/mol. The zero-order valence-corrected chi connectivity index (χ0v) is 17.6. The largest absolute Gasteiger partial charge is 0.372 e. The van der Waals surface area contributed by atoms with Crippen molar-refractivity contribution in [2.45, 2.75) is 20.8 Å². The lowest BCUT2D eigenvalue weighted by Crippen LogP contribution is -2.21. The summed E-state index contributed by atoms with van der Waals surface area (Å²) in [6.07, 6.45) is 1.80. The van der Waals surface area contributed by atoms with Crippen LogP contribution in [0, 0.1) is 6.92 Å². The summed E-state index contributed by atoms with van der Waals surface area (Å²) < 4.78 is 0. The van der Waals surface area contributed by atoms with Crippen LogP contribution in [-0.2, 0) is 0 Å². The van der Waals surface area contributed by atoms with Crippen molar-refractivity contribution < 1.29 is 0 Å². The highest BCUT2D eigenvalue weighted by Gasteiger charge is 2.07. The quantitative estimate of drug-likeness (QED) is 0.418. The summed E-state index contributed by atoms with van der Waals surface area (Å²) in [7, 11) is 0. The Kier molecular flexibility index (Phi) is 5.75. The van der Waals surface area contributed by atoms with E-state index < -0.39 is 0 Å². The second-order valence-electron chi connectivity index (χ2n) is 7.07. The van der Waals surface area contributed by atoms with Crippen molar-refractivity contribution in [3.63, 3.8) is 0 Å². The number of benzene rings is 2. The fourth-order valence-electron chi connectivity index (χ4n) is 3.50. The van der Waals surface area contributed by atoms with Crippen LogP contribution in [0.15, 0.2) is 66.9 Å². The molecule has 2 aromatic heterocycles. The van der Waals surface area contributed by atoms with Crippen molar-refractivity contribution in [2.24, 2.45) is 0 Å². The highest BCUT2D eigenvalue weighted by atomic mass is 15.1. The van der Waals surface area contributed by atoms with E-state index in [1.54, 1.807) is 6.20 Å². The third-order valence-corrected chi connectivity index (χ3v) is 5.00. The molecule has 6 heteroatoms. The number of aromatic nitrogens is 3. The molecule has 6 nitrogen and oxygen atoms in total. The molecule has 30 heavy (non-hydrogen) atoms. The second-order valence-corrected chi connectivity index (χ2v) is 7.07. The van der Waals surface area contributed by atoms with Crippen LogP contribution in [0.4, 0.5) is 28.8 Å². The molecule has 0 unspecified atom stereocenters. The fraction of sp³-hybridized carbons (Fsp3) is 0.208. The standard InChI is InChI=1S/C24H26N6/c1-4-30(5-2)20-13-11-19(12-14-20)27-24-26-17(3)16-22(29-24)28-21-10-6-8-18-9-7-15-25-23(18)21/h6-16H,4-5H2,1-3H3,(H2,26,27,28,29). The molecule has 0 bridgehead atoms. The van der Waals surface area contributed by atoms with Gasteiger partial charge in [-0.1, -0.05) is 18.2 Å². The molecule has 0 atom stereocenters. The molecule has 0 saturated carbocycles. The van der Waals surface area contributed by atoms with Gasteiger partial charge in [-0.05, 0) is 57.2 Å². The molecular weight excluding hydrogens is 372 g/mol. The van der Waals surface area contributed by atoms with Crippen LogP contribution in [-0.4, -0.2) is 28.0 Å². The van der Waals surface area contributed by atoms with Gasteiger partial charge >= 0.3 is 0 Å². The van der Waals surface area contributed by atoms with E-state index in [1.807, 2.05) is 43.3 Å². The molecule has 0 amide bonds. The zero-order valence-electron chi connectivity index (χ0n) is 17.6. The van der Waals surface area contributed by atoms with Crippen LogP contribution >= 0.6 is 0 Å². The van der Waals surface area contributed by atoms with Crippen LogP contribution in [0.25, 0.3) is 10.9 Å². The molecule has 2 heterocycles. The zero-order chi connectivity index (χ0) is 20.9. The number of nitrogens with one attached hydrogen (secondary N) is 2. The Balaban J connectivity index is 1.56. The van der Waals surface area contributed by atoms with E-state index in [9.17, 15) is 0 Å². The van der Waals surface area contributed by atoms with E-state index in [0.717, 1.165) is 46.9 Å². The molecule has 0 spiro atoms. The normalized spacial score (nSPS) is 10.8. The third kappa shape index (κ3) is 4.33. The number of nitrogens with zero attached hydrogens (tertiary/aromatic N) is 4. The maximum absolute atomic E-state index is 4.65. The molecule has 4 rings (SSSR count). The van der Waals surface area contributed by atoms with Crippen molar-refractivity contribution in [1.29, 1.82) is 0 Å². The van der Waals surface area contributed by atoms with E-state index in [1.165, 1.54) is 5.69 Å². The Morgan fingerprint density at radius 1 is 0.867 bits per heavy atom. The van der Waals surface area contributed by atoms with Crippen LogP contribution in [0.3, 0.4) is 0 Å². The lowest BCUT2D eigenvalue weighted by atomic mass is 10.2. The number of rotatable bonds is 7. The van der Waals surface area contributed by atoms with E-state index in [-0.39, 0.29) is 0 Å². The van der Waals surface area contributed by atoms with E-state index >= 15 is 0 Å². The number of hydrogen-bond acceptors (Lipinski definition) is 6. The van der Waals surface area contributed by atoms with Gasteiger partial charge in [-0.2, -0.15) is 4.98 Å². The lowest BCUT2D eigenvalue weighted by Gasteiger charge is -2.21. The minimum atomic E-state index is 0.557. The van der Waals surface area contributed by atoms with Gasteiger partial charge < -0.3 is 15.5 Å². The highest BCUT2D eigenvalue weighted by Crippen LogP contribution is 2.25. The Morgan fingerprint density at radius 2 is 1.63 bits per heavy atom. The molecule has 0 fully saturated rings. The van der Waals surface area contributed by atoms with Gasteiger partial charge in [0, 0.05) is 47.8 Å². The van der Waals surface area contributed by atoms with E-state index in [4.69, 9.17) is 0 Å². The van der Waals surface area contributed by atoms with Gasteiger partial charge in [-0.15, -0.1) is 0 Å². The SMILES string of the molecule is CCN(CC)c1ccc(Nc2nc(C)cc(Nc3cccc4cccnc34)n2)cc1. The summed E-state index contributed by atoms with van der Waals surface area (Å²) in [5.74, 6) is 1.28. The maximum atomic E-state index is 4.65. The minimum Gasteiger partial charge on any atom is -0.372 e. The van der Waals surface area contributed by atoms with Crippen LogP contribution in [0.5, 0.6) is 0 Å². The molecule has 0 radical (unpaired) electrons. The van der Waals surface area contributed by atoms with Gasteiger partial charge in [0.05, 0.1) is 11.2 Å². The van der Waals surface area contributed by atoms with Crippen molar-refractivity contribution in [1.82, 2.24) is 15.0 Å². The third-order valence-electron chi connectivity index (χ3n) is 5.00. The first kappa shape index (κ1) is 19.6. The van der Waals surface area contributed by atoms with Crippen LogP contribution in [0.2, 0.25) is 0 Å². The molecule has 2 N–H and O–H groups in total. The fourth-order valence-corrected chi connectivity index (χ4v) is 3.50. The number of para-hydroxylation sites is 1. The summed E-state index contributed by atoms with van der Waals surface area (Å²) in [4.78, 5) is 16.0. The van der Waals surface area contributed by atoms with Gasteiger partial charge in [-0.25, -0.2) is 4.98 Å². The van der Waals surface area contributed by atoms with Crippen LogP contribution in [0.1, 0.15) is 19.5 Å². The predicted octanol–water partition coefficient (Wildman–Crippen LogP) is 5.67. The number of hydrogen-bond donors (Lipinski definition) is 2. The first-order chi connectivity index (χ1) is 14.7. The van der Waals surface area contributed by atoms with Crippen molar-refractivity contribution in [3.8, 4) is 0 Å². The average molecular weight is 399 g/mol. The van der Waals surface area contributed by atoms with E-state index in [2.05, 4.69) is 68.6 Å². The van der Waals surface area contributed by atoms with Gasteiger partial charge in [0.1, 0.15) is 5.82 Å². The highest BCUT2D eigenvalue weighted by molar-refractivity contribution is 5.91. The molecular formula is C24H26N6. The average Bonchev–Trinajstić information content (AvgIpc) is 2.76. The Bertz CT molecular complexity index is 1130. The van der Waals surface area contributed by atoms with Gasteiger partial charge in [0.15, 0.2) is 0 Å². The second kappa shape index (κ2) is 8.78. The number of anilines is 5. The van der Waals surface area contributed by atoms with Gasteiger partial charge in [0.25, 0.3) is 0 Å². The van der Waals surface area contributed by atoms with Crippen molar-refractivity contribution in [2.75, 3.05) is 28.6 Å². The summed E-state index contributed by atoms with van der Waals surface area (Å²) in [5, 5.41) is 7.79. The molecule has 4 aromatic rings. The van der Waals surface area contributed by atoms with Gasteiger partial charge in [0.2, 0.25) is 5.95 Å². The molecule has 0 aliphatic heterocycles. The number of pyridine rings is 1. The minimum absolute atomic E-state index is 0.557. The first-order valence-corrected chi connectivity index (χ1v) is 10.2. The van der Waals surface area contributed by atoms with E-state index in [0.29, 0.717) is 5.95 Å². The van der Waals surface area contributed by atoms with Crippen molar-refractivity contribution in [3.05, 3.63) is 72.6 Å². The Hall–Kier alpha value is -3.67. The van der Waals surface area contributed by atoms with Gasteiger partial charge in [-0.3, -0.25) is 4.98 Å². The summed E-state index contributed by atoms with van der Waals surface area (Å²) in [6.45, 7) is 8.26. The molecule has 0 saturated heterocycles. The Morgan fingerprint density at radius 3 is 2.40 bits per heavy atom.